The second-order valence-corrected chi connectivity index (χ2v) is 7.06. The number of ether oxygens (including phenoxy) is 1. The van der Waals surface area contributed by atoms with Crippen LogP contribution in [0.15, 0.2) is 24.3 Å². The molecular weight excluding hydrogens is 388 g/mol. The zero-order valence-corrected chi connectivity index (χ0v) is 15.4. The summed E-state index contributed by atoms with van der Waals surface area (Å²) in [4.78, 5) is 13.4. The first kappa shape index (κ1) is 22.5. The molecule has 1 aromatic rings. The second kappa shape index (κ2) is 9.15. The van der Waals surface area contributed by atoms with Crippen LogP contribution in [0.5, 0.6) is 0 Å². The number of nitrogens with zero attached hydrogens (tertiary/aromatic N) is 1. The van der Waals surface area contributed by atoms with E-state index in [4.69, 9.17) is 0 Å². The van der Waals surface area contributed by atoms with E-state index in [1.807, 2.05) is 4.90 Å². The Balaban J connectivity index is 2.14. The highest BCUT2D eigenvalue weighted by Gasteiger charge is 2.34. The molecule has 158 valence electrons. The maximum atomic E-state index is 12.8. The lowest BCUT2D eigenvalue weighted by Gasteiger charge is -2.40. The highest BCUT2D eigenvalue weighted by Crippen LogP contribution is 2.38. The van der Waals surface area contributed by atoms with Crippen LogP contribution >= 0.6 is 0 Å². The van der Waals surface area contributed by atoms with Crippen molar-refractivity contribution in [3.05, 3.63) is 35.4 Å². The van der Waals surface area contributed by atoms with Crippen LogP contribution in [-0.2, 0) is 15.7 Å². The molecule has 1 fully saturated rings. The van der Waals surface area contributed by atoms with E-state index in [1.165, 1.54) is 19.2 Å². The van der Waals surface area contributed by atoms with Gasteiger partial charge in [-0.25, -0.2) is 0 Å². The molecule has 3 nitrogen and oxygen atoms in total. The van der Waals surface area contributed by atoms with Gasteiger partial charge in [0.15, 0.2) is 0 Å². The fourth-order valence-corrected chi connectivity index (χ4v) is 3.58. The van der Waals surface area contributed by atoms with Crippen molar-refractivity contribution < 1.29 is 35.9 Å². The summed E-state index contributed by atoms with van der Waals surface area (Å²) in [6, 6.07) is 4.36. The summed E-state index contributed by atoms with van der Waals surface area (Å²) < 4.78 is 80.4. The number of hydrogen-bond acceptors (Lipinski definition) is 3. The molecule has 2 rings (SSSR count). The summed E-state index contributed by atoms with van der Waals surface area (Å²) in [6.07, 6.45) is -8.40. The van der Waals surface area contributed by atoms with E-state index >= 15 is 0 Å². The van der Waals surface area contributed by atoms with Crippen molar-refractivity contribution >= 4 is 5.97 Å². The molecule has 1 aliphatic rings. The van der Waals surface area contributed by atoms with E-state index in [2.05, 4.69) is 4.74 Å². The number of halogens is 6. The SMILES string of the molecule is COC(=O)CC1CCN(CCCC(F)(F)F)C(c2ccc(C(F)(F)F)cc2)C1. The van der Waals surface area contributed by atoms with Crippen molar-refractivity contribution in [3.8, 4) is 0 Å². The minimum absolute atomic E-state index is 0.0291. The highest BCUT2D eigenvalue weighted by molar-refractivity contribution is 5.69. The molecule has 0 amide bonds. The standard InChI is InChI=1S/C19H23F6NO2/c1-28-17(27)12-13-7-10-26(9-2-8-18(20,21)22)16(11-13)14-3-5-15(6-4-14)19(23,24)25/h3-6,13,16H,2,7-12H2,1H3. The van der Waals surface area contributed by atoms with Gasteiger partial charge in [0.05, 0.1) is 12.7 Å². The lowest BCUT2D eigenvalue weighted by molar-refractivity contribution is -0.143. The van der Waals surface area contributed by atoms with Crippen molar-refractivity contribution in [2.75, 3.05) is 20.2 Å². The summed E-state index contributed by atoms with van der Waals surface area (Å²) in [5, 5.41) is 0. The molecule has 1 saturated heterocycles. The van der Waals surface area contributed by atoms with E-state index in [0.717, 1.165) is 12.1 Å². The molecule has 0 aromatic heterocycles. The van der Waals surface area contributed by atoms with E-state index < -0.39 is 24.3 Å². The van der Waals surface area contributed by atoms with Gasteiger partial charge in [0, 0.05) is 18.9 Å². The summed E-state index contributed by atoms with van der Waals surface area (Å²) >= 11 is 0. The maximum Gasteiger partial charge on any atom is 0.416 e. The Hall–Kier alpha value is -1.77. The van der Waals surface area contributed by atoms with Crippen molar-refractivity contribution in [1.82, 2.24) is 4.90 Å². The zero-order chi connectivity index (χ0) is 20.9. The third-order valence-electron chi connectivity index (χ3n) is 5.03. The van der Waals surface area contributed by atoms with Crippen LogP contribution in [0, 0.1) is 5.92 Å². The quantitative estimate of drug-likeness (QED) is 0.466. The fraction of sp³-hybridized carbons (Fsp3) is 0.632. The van der Waals surface area contributed by atoms with Crippen molar-refractivity contribution in [3.63, 3.8) is 0 Å². The topological polar surface area (TPSA) is 29.5 Å². The number of likely N-dealkylation sites (tertiary alicyclic amines) is 1. The average molecular weight is 411 g/mol. The molecule has 0 bridgehead atoms. The highest BCUT2D eigenvalue weighted by atomic mass is 19.4. The molecule has 0 spiro atoms. The van der Waals surface area contributed by atoms with Gasteiger partial charge in [-0.15, -0.1) is 0 Å². The van der Waals surface area contributed by atoms with Crippen LogP contribution in [0.2, 0.25) is 0 Å². The van der Waals surface area contributed by atoms with Crippen LogP contribution in [0.25, 0.3) is 0 Å². The van der Waals surface area contributed by atoms with E-state index in [1.54, 1.807) is 0 Å². The Labute approximate surface area is 159 Å². The summed E-state index contributed by atoms with van der Waals surface area (Å²) in [5.41, 5.74) is -0.170. The Bertz CT molecular complexity index is 641. The number of benzene rings is 1. The smallest absolute Gasteiger partial charge is 0.416 e. The first-order chi connectivity index (χ1) is 13.0. The minimum Gasteiger partial charge on any atom is -0.469 e. The predicted molar refractivity (Wildman–Crippen MR) is 90.4 cm³/mol. The van der Waals surface area contributed by atoms with Crippen LogP contribution in [0.3, 0.4) is 0 Å². The van der Waals surface area contributed by atoms with Gasteiger partial charge in [-0.2, -0.15) is 26.3 Å². The predicted octanol–water partition coefficient (Wildman–Crippen LogP) is 5.36. The Morgan fingerprint density at radius 2 is 1.79 bits per heavy atom. The number of methoxy groups -OCH3 is 1. The molecule has 0 saturated carbocycles. The Kier molecular flexibility index (Phi) is 7.36. The summed E-state index contributed by atoms with van der Waals surface area (Å²) in [7, 11) is 1.28. The molecule has 1 heterocycles. The van der Waals surface area contributed by atoms with Crippen molar-refractivity contribution in [2.24, 2.45) is 5.92 Å². The average Bonchev–Trinajstić information content (AvgIpc) is 2.61. The first-order valence-corrected chi connectivity index (χ1v) is 9.04. The van der Waals surface area contributed by atoms with Crippen LogP contribution in [0.4, 0.5) is 26.3 Å². The molecule has 1 aliphatic heterocycles. The molecule has 0 aliphatic carbocycles. The van der Waals surface area contributed by atoms with Gasteiger partial charge >= 0.3 is 18.3 Å². The molecule has 2 unspecified atom stereocenters. The number of alkyl halides is 6. The van der Waals surface area contributed by atoms with Gasteiger partial charge in [-0.3, -0.25) is 9.69 Å². The number of esters is 1. The van der Waals surface area contributed by atoms with Gasteiger partial charge < -0.3 is 4.74 Å². The van der Waals surface area contributed by atoms with Crippen LogP contribution < -0.4 is 0 Å². The summed E-state index contributed by atoms with van der Waals surface area (Å²) in [5.74, 6) is -0.403. The Morgan fingerprint density at radius 1 is 1.14 bits per heavy atom. The number of carbonyl (C=O) groups excluding carboxylic acids is 1. The Morgan fingerprint density at radius 3 is 2.32 bits per heavy atom. The van der Waals surface area contributed by atoms with E-state index in [0.29, 0.717) is 24.9 Å². The molecule has 2 atom stereocenters. The minimum atomic E-state index is -4.45. The zero-order valence-electron chi connectivity index (χ0n) is 15.4. The van der Waals surface area contributed by atoms with Crippen LogP contribution in [-0.4, -0.2) is 37.2 Å². The number of hydrogen-bond donors (Lipinski definition) is 0. The van der Waals surface area contributed by atoms with Crippen molar-refractivity contribution in [1.29, 1.82) is 0 Å². The number of rotatable bonds is 6. The monoisotopic (exact) mass is 411 g/mol. The second-order valence-electron chi connectivity index (χ2n) is 7.06. The largest absolute Gasteiger partial charge is 0.469 e. The van der Waals surface area contributed by atoms with E-state index in [9.17, 15) is 31.1 Å². The third kappa shape index (κ3) is 6.68. The van der Waals surface area contributed by atoms with Gasteiger partial charge in [-0.05, 0) is 56.0 Å². The van der Waals surface area contributed by atoms with Gasteiger partial charge in [-0.1, -0.05) is 12.1 Å². The molecular formula is C19H23F6NO2. The van der Waals surface area contributed by atoms with Crippen molar-refractivity contribution in [2.45, 2.75) is 50.5 Å². The normalized spacial score (nSPS) is 21.5. The number of carbonyl (C=O) groups is 1. The first-order valence-electron chi connectivity index (χ1n) is 9.04. The maximum absolute atomic E-state index is 12.8. The molecule has 0 N–H and O–H groups in total. The molecule has 9 heteroatoms. The lowest BCUT2D eigenvalue weighted by atomic mass is 9.85. The molecule has 28 heavy (non-hydrogen) atoms. The van der Waals surface area contributed by atoms with Gasteiger partial charge in [0.25, 0.3) is 0 Å². The van der Waals surface area contributed by atoms with Gasteiger partial charge in [0.2, 0.25) is 0 Å². The summed E-state index contributed by atoms with van der Waals surface area (Å²) in [6.45, 7) is 0.668. The third-order valence-corrected chi connectivity index (χ3v) is 5.03. The molecule has 1 aromatic carbocycles. The van der Waals surface area contributed by atoms with Crippen LogP contribution in [0.1, 0.15) is 49.3 Å². The molecule has 0 radical (unpaired) electrons. The van der Waals surface area contributed by atoms with Gasteiger partial charge in [0.1, 0.15) is 0 Å². The fourth-order valence-electron chi connectivity index (χ4n) is 3.58. The number of piperidine rings is 1. The lowest BCUT2D eigenvalue weighted by Crippen LogP contribution is -2.38. The van der Waals surface area contributed by atoms with E-state index in [-0.39, 0.29) is 37.3 Å².